The molecule has 1 aliphatic heterocycles. The first-order valence-corrected chi connectivity index (χ1v) is 15.0. The van der Waals surface area contributed by atoms with Crippen LogP contribution in [0.3, 0.4) is 0 Å². The maximum absolute atomic E-state index is 14.9. The Morgan fingerprint density at radius 2 is 1.84 bits per heavy atom. The van der Waals surface area contributed by atoms with Crippen molar-refractivity contribution in [1.82, 2.24) is 14.9 Å². The number of halogens is 1. The van der Waals surface area contributed by atoms with Gasteiger partial charge >= 0.3 is 6.09 Å². The maximum atomic E-state index is 14.9. The molecule has 11 heteroatoms. The largest absolute Gasteiger partial charge is 0.497 e. The SMILES string of the molecule is COc1ccc(N(C(=O)Oc2ccnc(Nc3ccc(OCC4CCCN(C)C4)c(F)c3)n2)C(C(C)C)C(C)C)c(OC)c1. The lowest BCUT2D eigenvalue weighted by atomic mass is 9.91. The molecule has 238 valence electrons. The zero-order valence-corrected chi connectivity index (χ0v) is 26.7. The average Bonchev–Trinajstić information content (AvgIpc) is 2.99. The molecule has 2 heterocycles. The molecule has 1 fully saturated rings. The first-order chi connectivity index (χ1) is 21.1. The van der Waals surface area contributed by atoms with Gasteiger partial charge in [-0.15, -0.1) is 0 Å². The molecule has 0 spiro atoms. The lowest BCUT2D eigenvalue weighted by Crippen LogP contribution is -2.48. The normalized spacial score (nSPS) is 15.4. The van der Waals surface area contributed by atoms with Crippen LogP contribution in [-0.4, -0.2) is 68.0 Å². The highest BCUT2D eigenvalue weighted by Gasteiger charge is 2.34. The van der Waals surface area contributed by atoms with Crippen LogP contribution in [0.1, 0.15) is 40.5 Å². The van der Waals surface area contributed by atoms with E-state index in [4.69, 9.17) is 18.9 Å². The number of carbonyl (C=O) groups is 1. The average molecular weight is 610 g/mol. The van der Waals surface area contributed by atoms with Crippen LogP contribution in [0.25, 0.3) is 0 Å². The number of amides is 1. The molecule has 1 aromatic heterocycles. The van der Waals surface area contributed by atoms with Gasteiger partial charge in [0.2, 0.25) is 11.8 Å². The van der Waals surface area contributed by atoms with Crippen molar-refractivity contribution in [2.45, 2.75) is 46.6 Å². The van der Waals surface area contributed by atoms with Crippen LogP contribution in [-0.2, 0) is 0 Å². The Morgan fingerprint density at radius 3 is 2.50 bits per heavy atom. The molecule has 1 amide bonds. The number of carbonyl (C=O) groups excluding carboxylic acids is 1. The molecule has 0 radical (unpaired) electrons. The molecule has 1 N–H and O–H groups in total. The van der Waals surface area contributed by atoms with E-state index in [0.29, 0.717) is 35.4 Å². The number of rotatable bonds is 12. The van der Waals surface area contributed by atoms with E-state index in [2.05, 4.69) is 54.9 Å². The number of hydrogen-bond acceptors (Lipinski definition) is 9. The fraction of sp³-hybridized carbons (Fsp3) is 0.485. The van der Waals surface area contributed by atoms with Gasteiger partial charge in [0, 0.05) is 48.6 Å². The number of likely N-dealkylation sites (tertiary alicyclic amines) is 1. The van der Waals surface area contributed by atoms with Crippen LogP contribution >= 0.6 is 0 Å². The van der Waals surface area contributed by atoms with E-state index in [1.807, 2.05) is 0 Å². The molecule has 44 heavy (non-hydrogen) atoms. The van der Waals surface area contributed by atoms with Crippen molar-refractivity contribution in [1.29, 1.82) is 0 Å². The lowest BCUT2D eigenvalue weighted by molar-refractivity contribution is 0.147. The minimum atomic E-state index is -0.623. The fourth-order valence-corrected chi connectivity index (χ4v) is 5.77. The van der Waals surface area contributed by atoms with E-state index in [-0.39, 0.29) is 35.5 Å². The molecule has 1 unspecified atom stereocenters. The Hall–Kier alpha value is -4.12. The second-order valence-corrected chi connectivity index (χ2v) is 11.8. The van der Waals surface area contributed by atoms with Gasteiger partial charge in [-0.2, -0.15) is 4.98 Å². The summed E-state index contributed by atoms with van der Waals surface area (Å²) in [7, 11) is 5.20. The van der Waals surface area contributed by atoms with Gasteiger partial charge in [-0.1, -0.05) is 27.7 Å². The predicted molar refractivity (Wildman–Crippen MR) is 169 cm³/mol. The Morgan fingerprint density at radius 1 is 1.07 bits per heavy atom. The van der Waals surface area contributed by atoms with Gasteiger partial charge < -0.3 is 29.2 Å². The van der Waals surface area contributed by atoms with Crippen LogP contribution < -0.4 is 29.2 Å². The molecule has 0 saturated carbocycles. The number of aromatic nitrogens is 2. The molecule has 3 aromatic rings. The Balaban J connectivity index is 1.49. The Bertz CT molecular complexity index is 1400. The standard InChI is InChI=1S/C33H44FN5O5/c1-21(2)31(22(3)4)39(27-12-11-25(41-6)18-29(27)42-7)33(40)44-30-14-15-35-32(37-30)36-24-10-13-28(26(34)17-24)43-20-23-9-8-16-38(5)19-23/h10-15,17-18,21-23,31H,8-9,16,19-20H2,1-7H3,(H,35,36,37). The number of nitrogens with zero attached hydrogens (tertiary/aromatic N) is 4. The number of anilines is 3. The third-order valence-electron chi connectivity index (χ3n) is 7.71. The second-order valence-electron chi connectivity index (χ2n) is 11.8. The summed E-state index contributed by atoms with van der Waals surface area (Å²) in [6.07, 6.45) is 3.04. The molecule has 1 saturated heterocycles. The van der Waals surface area contributed by atoms with Gasteiger partial charge in [0.05, 0.1) is 26.5 Å². The molecule has 4 rings (SSSR count). The second kappa shape index (κ2) is 15.1. The number of ether oxygens (including phenoxy) is 4. The van der Waals surface area contributed by atoms with Crippen LogP contribution in [0.5, 0.6) is 23.1 Å². The third-order valence-corrected chi connectivity index (χ3v) is 7.71. The van der Waals surface area contributed by atoms with Crippen LogP contribution in [0.2, 0.25) is 0 Å². The van der Waals surface area contributed by atoms with Gasteiger partial charge in [0.15, 0.2) is 11.6 Å². The Kier molecular flexibility index (Phi) is 11.2. The number of benzene rings is 2. The van der Waals surface area contributed by atoms with Crippen molar-refractivity contribution in [2.75, 3.05) is 51.2 Å². The topological polar surface area (TPSA) is 98.3 Å². The quantitative estimate of drug-likeness (QED) is 0.238. The van der Waals surface area contributed by atoms with Crippen molar-refractivity contribution in [2.24, 2.45) is 17.8 Å². The summed E-state index contributed by atoms with van der Waals surface area (Å²) in [4.78, 5) is 26.3. The van der Waals surface area contributed by atoms with Gasteiger partial charge in [0.1, 0.15) is 11.5 Å². The van der Waals surface area contributed by atoms with Crippen LogP contribution in [0.15, 0.2) is 48.7 Å². The molecule has 1 atom stereocenters. The summed E-state index contributed by atoms with van der Waals surface area (Å²) < 4.78 is 37.5. The van der Waals surface area contributed by atoms with E-state index in [1.54, 1.807) is 49.5 Å². The van der Waals surface area contributed by atoms with E-state index < -0.39 is 11.9 Å². The summed E-state index contributed by atoms with van der Waals surface area (Å²) in [6, 6.07) is 11.2. The third kappa shape index (κ3) is 8.28. The number of hydrogen-bond donors (Lipinski definition) is 1. The van der Waals surface area contributed by atoms with Gasteiger partial charge in [0.25, 0.3) is 0 Å². The van der Waals surface area contributed by atoms with Crippen molar-refractivity contribution in [3.63, 3.8) is 0 Å². The molecule has 10 nitrogen and oxygen atoms in total. The smallest absolute Gasteiger partial charge is 0.421 e. The number of methoxy groups -OCH3 is 2. The number of piperidine rings is 1. The van der Waals surface area contributed by atoms with E-state index in [0.717, 1.165) is 25.9 Å². The summed E-state index contributed by atoms with van der Waals surface area (Å²) in [5.74, 6) is 1.54. The van der Waals surface area contributed by atoms with E-state index in [9.17, 15) is 9.18 Å². The lowest BCUT2D eigenvalue weighted by Gasteiger charge is -2.36. The zero-order valence-electron chi connectivity index (χ0n) is 26.7. The molecular formula is C33H44FN5O5. The highest BCUT2D eigenvalue weighted by molar-refractivity contribution is 5.92. The minimum absolute atomic E-state index is 0.0362. The highest BCUT2D eigenvalue weighted by Crippen LogP contribution is 2.37. The van der Waals surface area contributed by atoms with Crippen LogP contribution in [0, 0.1) is 23.6 Å². The van der Waals surface area contributed by atoms with Crippen molar-refractivity contribution < 1.29 is 28.1 Å². The first-order valence-electron chi connectivity index (χ1n) is 15.0. The van der Waals surface area contributed by atoms with Gasteiger partial charge in [-0.3, -0.25) is 4.90 Å². The maximum Gasteiger partial charge on any atom is 0.421 e. The van der Waals surface area contributed by atoms with Crippen LogP contribution in [0.4, 0.5) is 26.5 Å². The van der Waals surface area contributed by atoms with Crippen molar-refractivity contribution in [3.8, 4) is 23.1 Å². The van der Waals surface area contributed by atoms with Gasteiger partial charge in [-0.05, 0) is 62.5 Å². The molecule has 1 aliphatic rings. The molecular weight excluding hydrogens is 565 g/mol. The molecule has 0 aliphatic carbocycles. The van der Waals surface area contributed by atoms with Crippen molar-refractivity contribution >= 4 is 23.4 Å². The number of nitrogens with one attached hydrogen (secondary N) is 1. The van der Waals surface area contributed by atoms with E-state index in [1.165, 1.54) is 18.3 Å². The minimum Gasteiger partial charge on any atom is -0.497 e. The highest BCUT2D eigenvalue weighted by atomic mass is 19.1. The van der Waals surface area contributed by atoms with E-state index >= 15 is 0 Å². The molecule has 2 aromatic carbocycles. The van der Waals surface area contributed by atoms with Crippen molar-refractivity contribution in [3.05, 3.63) is 54.5 Å². The predicted octanol–water partition coefficient (Wildman–Crippen LogP) is 6.78. The first kappa shape index (κ1) is 32.8. The molecule has 0 bridgehead atoms. The van der Waals surface area contributed by atoms with Gasteiger partial charge in [-0.25, -0.2) is 14.2 Å². The summed E-state index contributed by atoms with van der Waals surface area (Å²) >= 11 is 0. The summed E-state index contributed by atoms with van der Waals surface area (Å²) in [6.45, 7) is 10.7. The fourth-order valence-electron chi connectivity index (χ4n) is 5.77. The summed E-state index contributed by atoms with van der Waals surface area (Å²) in [5.41, 5.74) is 0.978. The summed E-state index contributed by atoms with van der Waals surface area (Å²) in [5, 5.41) is 2.98. The zero-order chi connectivity index (χ0) is 31.8. The monoisotopic (exact) mass is 609 g/mol. The Labute approximate surface area is 259 Å².